The van der Waals surface area contributed by atoms with Crippen LogP contribution in [0.15, 0.2) is 65.2 Å². The highest BCUT2D eigenvalue weighted by Crippen LogP contribution is 2.28. The van der Waals surface area contributed by atoms with Crippen LogP contribution in [0.1, 0.15) is 20.8 Å². The van der Waals surface area contributed by atoms with E-state index in [1.165, 1.54) is 16.9 Å². The molecule has 0 aliphatic rings. The fourth-order valence-corrected chi connectivity index (χ4v) is 3.75. The first-order valence-corrected chi connectivity index (χ1v) is 10.4. The highest BCUT2D eigenvalue weighted by Gasteiger charge is 2.15. The van der Waals surface area contributed by atoms with E-state index in [9.17, 15) is 4.79 Å². The molecule has 2 aromatic carbocycles. The number of anilines is 1. The maximum atomic E-state index is 12.5. The Hall–Kier alpha value is -3.45. The summed E-state index contributed by atoms with van der Waals surface area (Å²) in [5, 5.41) is 7.02. The van der Waals surface area contributed by atoms with Crippen molar-refractivity contribution in [1.29, 1.82) is 0 Å². The van der Waals surface area contributed by atoms with Crippen LogP contribution in [0, 0.1) is 6.92 Å². The van der Waals surface area contributed by atoms with Gasteiger partial charge >= 0.3 is 0 Å². The van der Waals surface area contributed by atoms with E-state index >= 15 is 0 Å². The molecule has 0 fully saturated rings. The minimum Gasteiger partial charge on any atom is -0.378 e. The van der Waals surface area contributed by atoms with Crippen LogP contribution in [0.2, 0.25) is 0 Å². The van der Waals surface area contributed by atoms with Gasteiger partial charge in [-0.15, -0.1) is 11.3 Å². The normalized spacial score (nSPS) is 10.8. The Morgan fingerprint density at radius 3 is 2.47 bits per heavy atom. The van der Waals surface area contributed by atoms with E-state index in [1.54, 1.807) is 6.07 Å². The summed E-state index contributed by atoms with van der Waals surface area (Å²) in [6, 6.07) is 19.6. The number of carbonyl (C=O) groups is 1. The second kappa shape index (κ2) is 8.51. The molecule has 6 nitrogen and oxygen atoms in total. The van der Waals surface area contributed by atoms with Crippen molar-refractivity contribution in [3.05, 3.63) is 76.7 Å². The van der Waals surface area contributed by atoms with Crippen LogP contribution < -0.4 is 10.2 Å². The molecule has 1 amide bonds. The summed E-state index contributed by atoms with van der Waals surface area (Å²) >= 11 is 1.34. The van der Waals surface area contributed by atoms with Crippen molar-refractivity contribution in [3.8, 4) is 22.2 Å². The van der Waals surface area contributed by atoms with Gasteiger partial charge in [0.2, 0.25) is 5.82 Å². The second-order valence-electron chi connectivity index (χ2n) is 7.20. The van der Waals surface area contributed by atoms with E-state index < -0.39 is 0 Å². The van der Waals surface area contributed by atoms with Gasteiger partial charge in [0.25, 0.3) is 11.8 Å². The summed E-state index contributed by atoms with van der Waals surface area (Å²) in [6.45, 7) is 2.50. The number of benzene rings is 2. The summed E-state index contributed by atoms with van der Waals surface area (Å²) in [5.74, 6) is 0.824. The minimum absolute atomic E-state index is 0.120. The lowest BCUT2D eigenvalue weighted by atomic mass is 10.1. The first-order chi connectivity index (χ1) is 14.5. The Kier molecular flexibility index (Phi) is 5.63. The number of aromatic nitrogens is 2. The Labute approximate surface area is 179 Å². The van der Waals surface area contributed by atoms with Crippen LogP contribution in [0.5, 0.6) is 0 Å². The number of nitrogens with zero attached hydrogens (tertiary/aromatic N) is 3. The molecule has 152 valence electrons. The number of nitrogens with one attached hydrogen (secondary N) is 1. The third kappa shape index (κ3) is 4.41. The predicted octanol–water partition coefficient (Wildman–Crippen LogP) is 4.77. The molecule has 4 rings (SSSR count). The molecule has 0 saturated heterocycles. The third-order valence-electron chi connectivity index (χ3n) is 4.68. The fourth-order valence-electron chi connectivity index (χ4n) is 2.90. The van der Waals surface area contributed by atoms with Crippen molar-refractivity contribution in [2.45, 2.75) is 13.5 Å². The summed E-state index contributed by atoms with van der Waals surface area (Å²) in [4.78, 5) is 20.4. The summed E-state index contributed by atoms with van der Waals surface area (Å²) in [7, 11) is 4.00. The highest BCUT2D eigenvalue weighted by atomic mass is 32.1. The molecule has 2 aromatic heterocycles. The standard InChI is InChI=1S/C23H22N4O2S/c1-15-4-8-17(9-5-15)23-25-21(26-29-23)19-12-13-20(30-19)22(28)24-14-16-6-10-18(11-7-16)27(2)3/h4-13H,14H2,1-3H3,(H,24,28). The quantitative estimate of drug-likeness (QED) is 0.488. The zero-order chi connectivity index (χ0) is 21.1. The van der Waals surface area contributed by atoms with Gasteiger partial charge in [-0.1, -0.05) is 35.0 Å². The van der Waals surface area contributed by atoms with E-state index in [0.29, 0.717) is 23.1 Å². The molecule has 2 heterocycles. The Morgan fingerprint density at radius 1 is 1.03 bits per heavy atom. The predicted molar refractivity (Wildman–Crippen MR) is 120 cm³/mol. The second-order valence-corrected chi connectivity index (χ2v) is 8.28. The van der Waals surface area contributed by atoms with Gasteiger partial charge in [0.05, 0.1) is 9.75 Å². The Morgan fingerprint density at radius 2 is 1.77 bits per heavy atom. The number of hydrogen-bond donors (Lipinski definition) is 1. The fraction of sp³-hybridized carbons (Fsp3) is 0.174. The van der Waals surface area contributed by atoms with Crippen molar-refractivity contribution in [1.82, 2.24) is 15.5 Å². The van der Waals surface area contributed by atoms with Crippen LogP contribution >= 0.6 is 11.3 Å². The van der Waals surface area contributed by atoms with Crippen molar-refractivity contribution >= 4 is 22.9 Å². The summed E-state index contributed by atoms with van der Waals surface area (Å²) in [5.41, 5.74) is 4.21. The summed E-state index contributed by atoms with van der Waals surface area (Å²) < 4.78 is 5.39. The molecule has 0 aliphatic heterocycles. The number of hydrogen-bond acceptors (Lipinski definition) is 6. The average Bonchev–Trinajstić information content (AvgIpc) is 3.42. The van der Waals surface area contributed by atoms with Crippen LogP contribution in [-0.4, -0.2) is 30.1 Å². The van der Waals surface area contributed by atoms with Gasteiger partial charge in [0.1, 0.15) is 0 Å². The number of thiophene rings is 1. The molecule has 0 aliphatic carbocycles. The van der Waals surface area contributed by atoms with Crippen LogP contribution in [0.25, 0.3) is 22.2 Å². The molecule has 0 spiro atoms. The lowest BCUT2D eigenvalue weighted by Gasteiger charge is -2.12. The van der Waals surface area contributed by atoms with Gasteiger partial charge in [-0.25, -0.2) is 0 Å². The molecular weight excluding hydrogens is 396 g/mol. The SMILES string of the molecule is Cc1ccc(-c2nc(-c3ccc(C(=O)NCc4ccc(N(C)C)cc4)s3)no2)cc1. The topological polar surface area (TPSA) is 71.3 Å². The molecule has 0 atom stereocenters. The number of rotatable bonds is 6. The molecule has 30 heavy (non-hydrogen) atoms. The van der Waals surface area contributed by atoms with Crippen molar-refractivity contribution in [2.75, 3.05) is 19.0 Å². The van der Waals surface area contributed by atoms with Crippen LogP contribution in [0.4, 0.5) is 5.69 Å². The lowest BCUT2D eigenvalue weighted by molar-refractivity contribution is 0.0955. The van der Waals surface area contributed by atoms with Crippen LogP contribution in [-0.2, 0) is 6.54 Å². The molecule has 0 saturated carbocycles. The Balaban J connectivity index is 1.41. The van der Waals surface area contributed by atoms with Gasteiger partial charge in [-0.2, -0.15) is 4.98 Å². The number of amides is 1. The van der Waals surface area contributed by atoms with Gasteiger partial charge in [-0.05, 0) is 48.9 Å². The summed E-state index contributed by atoms with van der Waals surface area (Å²) in [6.07, 6.45) is 0. The maximum Gasteiger partial charge on any atom is 0.261 e. The largest absolute Gasteiger partial charge is 0.378 e. The van der Waals surface area contributed by atoms with Gasteiger partial charge < -0.3 is 14.7 Å². The van der Waals surface area contributed by atoms with Crippen molar-refractivity contribution in [3.63, 3.8) is 0 Å². The van der Waals surface area contributed by atoms with E-state index in [-0.39, 0.29) is 5.91 Å². The van der Waals surface area contributed by atoms with Crippen LogP contribution in [0.3, 0.4) is 0 Å². The van der Waals surface area contributed by atoms with Gasteiger partial charge in [0, 0.05) is 31.9 Å². The molecule has 4 aromatic rings. The van der Waals surface area contributed by atoms with E-state index in [0.717, 1.165) is 21.7 Å². The molecule has 0 bridgehead atoms. The first kappa shape index (κ1) is 19.8. The van der Waals surface area contributed by atoms with Crippen molar-refractivity contribution < 1.29 is 9.32 Å². The maximum absolute atomic E-state index is 12.5. The van der Waals surface area contributed by atoms with Gasteiger partial charge in [0.15, 0.2) is 0 Å². The first-order valence-electron chi connectivity index (χ1n) is 9.55. The molecule has 0 unspecified atom stereocenters. The number of carbonyl (C=O) groups excluding carboxylic acids is 1. The zero-order valence-corrected chi connectivity index (χ0v) is 17.9. The lowest BCUT2D eigenvalue weighted by Crippen LogP contribution is -2.21. The average molecular weight is 419 g/mol. The third-order valence-corrected chi connectivity index (χ3v) is 5.76. The van der Waals surface area contributed by atoms with E-state index in [4.69, 9.17) is 4.52 Å². The Bertz CT molecular complexity index is 1140. The van der Waals surface area contributed by atoms with E-state index in [1.807, 2.05) is 80.5 Å². The van der Waals surface area contributed by atoms with Gasteiger partial charge in [-0.3, -0.25) is 4.79 Å². The van der Waals surface area contributed by atoms with E-state index in [2.05, 4.69) is 15.5 Å². The molecule has 0 radical (unpaired) electrons. The minimum atomic E-state index is -0.120. The zero-order valence-electron chi connectivity index (χ0n) is 17.0. The highest BCUT2D eigenvalue weighted by molar-refractivity contribution is 7.17. The monoisotopic (exact) mass is 418 g/mol. The van der Waals surface area contributed by atoms with Crippen molar-refractivity contribution in [2.24, 2.45) is 0 Å². The molecule has 7 heteroatoms. The number of aryl methyl sites for hydroxylation is 1. The molecule has 1 N–H and O–H groups in total. The molecular formula is C23H22N4O2S. The smallest absolute Gasteiger partial charge is 0.261 e.